The number of fused-ring (bicyclic) bond motifs is 1. The zero-order valence-electron chi connectivity index (χ0n) is 16.0. The molecule has 2 heterocycles. The van der Waals surface area contributed by atoms with Crippen molar-refractivity contribution >= 4 is 40.9 Å². The Morgan fingerprint density at radius 1 is 1.20 bits per heavy atom. The number of benzene rings is 2. The van der Waals surface area contributed by atoms with Gasteiger partial charge in [-0.15, -0.1) is 0 Å². The van der Waals surface area contributed by atoms with E-state index in [1.807, 2.05) is 12.1 Å². The summed E-state index contributed by atoms with van der Waals surface area (Å²) in [6.07, 6.45) is 2.29. The average Bonchev–Trinajstić information content (AvgIpc) is 3.23. The highest BCUT2D eigenvalue weighted by molar-refractivity contribution is 6.33. The second kappa shape index (κ2) is 8.38. The summed E-state index contributed by atoms with van der Waals surface area (Å²) >= 11 is 12.1. The summed E-state index contributed by atoms with van der Waals surface area (Å²) in [5.74, 6) is -0.575. The molecule has 2 aromatic carbocycles. The predicted octanol–water partition coefficient (Wildman–Crippen LogP) is 4.68. The van der Waals surface area contributed by atoms with Gasteiger partial charge in [0, 0.05) is 29.4 Å². The number of methoxy groups -OCH3 is 1. The number of carbonyl (C=O) groups excluding carboxylic acids is 2. The lowest BCUT2D eigenvalue weighted by molar-refractivity contribution is 0.0601. The molecule has 3 aromatic rings. The van der Waals surface area contributed by atoms with E-state index in [4.69, 9.17) is 27.9 Å². The van der Waals surface area contributed by atoms with Crippen molar-refractivity contribution in [1.29, 1.82) is 0 Å². The summed E-state index contributed by atoms with van der Waals surface area (Å²) < 4.78 is 4.74. The standard InChI is InChI=1S/C21H18Cl2N4O3/c1-30-20(28)15-10-14(6-7-16(15)23)26-21(29)27-9-8-17-18(25-11-24-17)19(27)12-2-4-13(22)5-3-12/h2-7,10-11,19H,8-9H2,1H3,(H,24,25)(H,26,29)/t19-/m1/s1. The second-order valence-corrected chi connectivity index (χ2v) is 7.62. The third-order valence-electron chi connectivity index (χ3n) is 4.99. The lowest BCUT2D eigenvalue weighted by atomic mass is 9.96. The Bertz CT molecular complexity index is 1100. The lowest BCUT2D eigenvalue weighted by Crippen LogP contribution is -2.43. The number of halogens is 2. The summed E-state index contributed by atoms with van der Waals surface area (Å²) in [5.41, 5.74) is 3.31. The lowest BCUT2D eigenvalue weighted by Gasteiger charge is -2.35. The monoisotopic (exact) mass is 444 g/mol. The molecule has 0 spiro atoms. The highest BCUT2D eigenvalue weighted by Crippen LogP contribution is 2.34. The summed E-state index contributed by atoms with van der Waals surface area (Å²) in [7, 11) is 1.27. The number of hydrogen-bond acceptors (Lipinski definition) is 4. The van der Waals surface area contributed by atoms with Gasteiger partial charge in [0.15, 0.2) is 0 Å². The minimum absolute atomic E-state index is 0.180. The number of carbonyl (C=O) groups is 2. The number of amides is 2. The highest BCUT2D eigenvalue weighted by Gasteiger charge is 2.34. The van der Waals surface area contributed by atoms with Crippen LogP contribution in [0.1, 0.15) is 33.4 Å². The van der Waals surface area contributed by atoms with Gasteiger partial charge in [-0.1, -0.05) is 35.3 Å². The number of rotatable bonds is 3. The van der Waals surface area contributed by atoms with Crippen LogP contribution in [0.2, 0.25) is 10.0 Å². The summed E-state index contributed by atoms with van der Waals surface area (Å²) in [5, 5.41) is 3.71. The second-order valence-electron chi connectivity index (χ2n) is 6.78. The van der Waals surface area contributed by atoms with Gasteiger partial charge in [-0.3, -0.25) is 0 Å². The van der Waals surface area contributed by atoms with Crippen molar-refractivity contribution in [3.63, 3.8) is 0 Å². The summed E-state index contributed by atoms with van der Waals surface area (Å²) in [6.45, 7) is 0.492. The first-order valence-electron chi connectivity index (χ1n) is 9.21. The quantitative estimate of drug-likeness (QED) is 0.573. The Morgan fingerprint density at radius 2 is 1.97 bits per heavy atom. The molecule has 2 N–H and O–H groups in total. The molecule has 0 radical (unpaired) electrons. The fourth-order valence-corrected chi connectivity index (χ4v) is 3.86. The normalized spacial score (nSPS) is 15.4. The molecule has 1 atom stereocenters. The van der Waals surface area contributed by atoms with Crippen molar-refractivity contribution in [3.8, 4) is 0 Å². The van der Waals surface area contributed by atoms with Crippen molar-refractivity contribution in [3.05, 3.63) is 81.4 Å². The van der Waals surface area contributed by atoms with Crippen molar-refractivity contribution < 1.29 is 14.3 Å². The summed E-state index contributed by atoms with van der Waals surface area (Å²) in [6, 6.07) is 11.3. The smallest absolute Gasteiger partial charge is 0.339 e. The Hall–Kier alpha value is -3.03. The molecule has 1 aliphatic heterocycles. The zero-order chi connectivity index (χ0) is 21.3. The molecule has 9 heteroatoms. The van der Waals surface area contributed by atoms with Gasteiger partial charge in [0.1, 0.15) is 6.04 Å². The van der Waals surface area contributed by atoms with Crippen LogP contribution in [0, 0.1) is 0 Å². The third-order valence-corrected chi connectivity index (χ3v) is 5.58. The number of imidazole rings is 1. The number of hydrogen-bond donors (Lipinski definition) is 2. The number of nitrogens with zero attached hydrogens (tertiary/aromatic N) is 2. The van der Waals surface area contributed by atoms with Crippen LogP contribution in [0.5, 0.6) is 0 Å². The van der Waals surface area contributed by atoms with Gasteiger partial charge in [0.25, 0.3) is 0 Å². The maximum absolute atomic E-state index is 13.2. The van der Waals surface area contributed by atoms with Crippen molar-refractivity contribution in [2.75, 3.05) is 19.0 Å². The van der Waals surface area contributed by atoms with Crippen LogP contribution in [0.3, 0.4) is 0 Å². The van der Waals surface area contributed by atoms with E-state index in [0.29, 0.717) is 23.7 Å². The first-order chi connectivity index (χ1) is 14.5. The van der Waals surface area contributed by atoms with Gasteiger partial charge in [0.05, 0.1) is 29.7 Å². The predicted molar refractivity (Wildman–Crippen MR) is 114 cm³/mol. The Balaban J connectivity index is 1.64. The van der Waals surface area contributed by atoms with E-state index in [-0.39, 0.29) is 22.7 Å². The van der Waals surface area contributed by atoms with Gasteiger partial charge < -0.3 is 19.9 Å². The van der Waals surface area contributed by atoms with E-state index in [2.05, 4.69) is 15.3 Å². The van der Waals surface area contributed by atoms with Crippen LogP contribution in [0.15, 0.2) is 48.8 Å². The molecule has 4 rings (SSSR count). The molecule has 30 heavy (non-hydrogen) atoms. The molecular weight excluding hydrogens is 427 g/mol. The molecule has 0 unspecified atom stereocenters. The molecule has 0 bridgehead atoms. The topological polar surface area (TPSA) is 87.3 Å². The van der Waals surface area contributed by atoms with Gasteiger partial charge >= 0.3 is 12.0 Å². The van der Waals surface area contributed by atoms with Crippen LogP contribution in [-0.2, 0) is 11.2 Å². The number of esters is 1. The number of H-pyrrole nitrogens is 1. The minimum atomic E-state index is -0.575. The molecular formula is C21H18Cl2N4O3. The number of urea groups is 1. The van der Waals surface area contributed by atoms with E-state index in [1.54, 1.807) is 35.5 Å². The van der Waals surface area contributed by atoms with Crippen molar-refractivity contribution in [1.82, 2.24) is 14.9 Å². The van der Waals surface area contributed by atoms with Crippen LogP contribution in [0.4, 0.5) is 10.5 Å². The average molecular weight is 445 g/mol. The number of aromatic amines is 1. The van der Waals surface area contributed by atoms with E-state index in [1.165, 1.54) is 13.2 Å². The van der Waals surface area contributed by atoms with E-state index in [0.717, 1.165) is 17.0 Å². The number of aromatic nitrogens is 2. The highest BCUT2D eigenvalue weighted by atomic mass is 35.5. The molecule has 1 aliphatic rings. The molecule has 7 nitrogen and oxygen atoms in total. The zero-order valence-corrected chi connectivity index (χ0v) is 17.5. The molecule has 0 saturated heterocycles. The first kappa shape index (κ1) is 20.3. The van der Waals surface area contributed by atoms with Crippen LogP contribution in [0.25, 0.3) is 0 Å². The molecule has 0 saturated carbocycles. The van der Waals surface area contributed by atoms with Crippen molar-refractivity contribution in [2.24, 2.45) is 0 Å². The molecule has 0 aliphatic carbocycles. The van der Waals surface area contributed by atoms with Gasteiger partial charge in [-0.2, -0.15) is 0 Å². The fraction of sp³-hybridized carbons (Fsp3) is 0.190. The Labute approximate surface area is 183 Å². The van der Waals surface area contributed by atoms with E-state index in [9.17, 15) is 9.59 Å². The van der Waals surface area contributed by atoms with E-state index >= 15 is 0 Å². The number of nitrogens with one attached hydrogen (secondary N) is 2. The number of anilines is 1. The minimum Gasteiger partial charge on any atom is -0.465 e. The molecule has 2 amide bonds. The molecule has 154 valence electrons. The van der Waals surface area contributed by atoms with Crippen molar-refractivity contribution in [2.45, 2.75) is 12.5 Å². The first-order valence-corrected chi connectivity index (χ1v) is 9.96. The van der Waals surface area contributed by atoms with Crippen LogP contribution < -0.4 is 5.32 Å². The summed E-state index contributed by atoms with van der Waals surface area (Å²) in [4.78, 5) is 34.4. The fourth-order valence-electron chi connectivity index (χ4n) is 3.54. The van der Waals surface area contributed by atoms with E-state index < -0.39 is 5.97 Å². The molecule has 0 fully saturated rings. The third kappa shape index (κ3) is 3.86. The Morgan fingerprint density at radius 3 is 2.70 bits per heavy atom. The Kier molecular flexibility index (Phi) is 5.65. The van der Waals surface area contributed by atoms with Gasteiger partial charge in [-0.25, -0.2) is 14.6 Å². The SMILES string of the molecule is COC(=O)c1cc(NC(=O)N2CCc3[nH]cnc3[C@H]2c2ccc(Cl)cc2)ccc1Cl. The maximum Gasteiger partial charge on any atom is 0.339 e. The molecule has 1 aromatic heterocycles. The van der Waals surface area contributed by atoms with Gasteiger partial charge in [0.2, 0.25) is 0 Å². The van der Waals surface area contributed by atoms with Crippen LogP contribution >= 0.6 is 23.2 Å². The van der Waals surface area contributed by atoms with Crippen LogP contribution in [-0.4, -0.2) is 40.5 Å². The number of ether oxygens (including phenoxy) is 1. The maximum atomic E-state index is 13.2. The largest absolute Gasteiger partial charge is 0.465 e. The van der Waals surface area contributed by atoms with Gasteiger partial charge in [-0.05, 0) is 35.9 Å².